The van der Waals surface area contributed by atoms with Gasteiger partial charge in [0.25, 0.3) is 0 Å². The first-order chi connectivity index (χ1) is 13.0. The van der Waals surface area contributed by atoms with E-state index in [9.17, 15) is 9.59 Å². The number of carbonyl (C=O) groups excluding carboxylic acids is 2. The zero-order valence-electron chi connectivity index (χ0n) is 16.2. The van der Waals surface area contributed by atoms with Crippen LogP contribution in [0.15, 0.2) is 48.5 Å². The lowest BCUT2D eigenvalue weighted by Crippen LogP contribution is -2.48. The molecule has 2 aromatic rings. The maximum Gasteiger partial charge on any atom is 0.322 e. The molecule has 1 heterocycles. The molecule has 27 heavy (non-hydrogen) atoms. The fourth-order valence-corrected chi connectivity index (χ4v) is 3.61. The van der Waals surface area contributed by atoms with Gasteiger partial charge in [-0.1, -0.05) is 48.5 Å². The van der Waals surface area contributed by atoms with Crippen molar-refractivity contribution in [2.24, 2.45) is 0 Å². The van der Waals surface area contributed by atoms with Gasteiger partial charge in [-0.25, -0.2) is 4.79 Å². The van der Waals surface area contributed by atoms with Crippen LogP contribution in [0.1, 0.15) is 42.5 Å². The van der Waals surface area contributed by atoms with E-state index in [1.54, 1.807) is 4.90 Å². The second-order valence-corrected chi connectivity index (χ2v) is 7.19. The van der Waals surface area contributed by atoms with E-state index in [2.05, 4.69) is 10.6 Å². The van der Waals surface area contributed by atoms with E-state index in [0.29, 0.717) is 13.0 Å². The molecule has 3 rings (SSSR count). The van der Waals surface area contributed by atoms with Gasteiger partial charge in [-0.15, -0.1) is 0 Å². The Labute approximate surface area is 160 Å². The molecule has 0 spiro atoms. The van der Waals surface area contributed by atoms with Crippen LogP contribution in [0.2, 0.25) is 0 Å². The molecule has 1 saturated heterocycles. The van der Waals surface area contributed by atoms with Gasteiger partial charge in [-0.3, -0.25) is 4.79 Å². The number of benzene rings is 2. The summed E-state index contributed by atoms with van der Waals surface area (Å²) < 4.78 is 0. The van der Waals surface area contributed by atoms with Gasteiger partial charge in [0.1, 0.15) is 6.04 Å². The molecule has 0 aliphatic carbocycles. The van der Waals surface area contributed by atoms with Crippen LogP contribution >= 0.6 is 0 Å². The van der Waals surface area contributed by atoms with Crippen LogP contribution in [0.5, 0.6) is 0 Å². The second kappa shape index (κ2) is 8.25. The fourth-order valence-electron chi connectivity index (χ4n) is 3.61. The highest BCUT2D eigenvalue weighted by Gasteiger charge is 2.34. The van der Waals surface area contributed by atoms with Crippen LogP contribution in [-0.2, 0) is 4.79 Å². The number of nitrogens with one attached hydrogen (secondary N) is 2. The molecular formula is C22H27N3O2. The molecule has 2 atom stereocenters. The fraction of sp³-hybridized carbons (Fsp3) is 0.364. The normalized spacial score (nSPS) is 17.4. The van der Waals surface area contributed by atoms with Gasteiger partial charge in [-0.05, 0) is 50.3 Å². The summed E-state index contributed by atoms with van der Waals surface area (Å²) in [6, 6.07) is 15.0. The molecule has 1 fully saturated rings. The van der Waals surface area contributed by atoms with Gasteiger partial charge in [0.2, 0.25) is 5.91 Å². The summed E-state index contributed by atoms with van der Waals surface area (Å²) in [7, 11) is 0. The number of amides is 3. The number of hydrogen-bond acceptors (Lipinski definition) is 2. The van der Waals surface area contributed by atoms with E-state index in [4.69, 9.17) is 0 Å². The maximum atomic E-state index is 12.8. The van der Waals surface area contributed by atoms with Crippen molar-refractivity contribution < 1.29 is 9.59 Å². The minimum atomic E-state index is -0.430. The molecule has 3 amide bonds. The summed E-state index contributed by atoms with van der Waals surface area (Å²) >= 11 is 0. The molecule has 142 valence electrons. The average Bonchev–Trinajstić information content (AvgIpc) is 3.15. The van der Waals surface area contributed by atoms with E-state index in [-0.39, 0.29) is 18.0 Å². The van der Waals surface area contributed by atoms with Crippen molar-refractivity contribution in [3.63, 3.8) is 0 Å². The van der Waals surface area contributed by atoms with Gasteiger partial charge in [0.05, 0.1) is 6.04 Å². The number of rotatable bonds is 4. The number of carbonyl (C=O) groups is 2. The van der Waals surface area contributed by atoms with Crippen molar-refractivity contribution in [3.05, 3.63) is 65.2 Å². The van der Waals surface area contributed by atoms with Crippen LogP contribution < -0.4 is 10.6 Å². The first-order valence-corrected chi connectivity index (χ1v) is 9.46. The van der Waals surface area contributed by atoms with E-state index in [1.807, 2.05) is 69.3 Å². The molecule has 0 aromatic heterocycles. The summed E-state index contributed by atoms with van der Waals surface area (Å²) in [6.07, 6.45) is 1.52. The van der Waals surface area contributed by atoms with Crippen LogP contribution in [0, 0.1) is 13.8 Å². The van der Waals surface area contributed by atoms with Crippen molar-refractivity contribution in [3.8, 4) is 0 Å². The van der Waals surface area contributed by atoms with Crippen molar-refractivity contribution in [1.82, 2.24) is 10.2 Å². The van der Waals surface area contributed by atoms with Gasteiger partial charge >= 0.3 is 6.03 Å². The summed E-state index contributed by atoms with van der Waals surface area (Å²) in [5.41, 5.74) is 3.91. The Hall–Kier alpha value is -2.82. The topological polar surface area (TPSA) is 61.4 Å². The second-order valence-electron chi connectivity index (χ2n) is 7.19. The Morgan fingerprint density at radius 1 is 1.04 bits per heavy atom. The van der Waals surface area contributed by atoms with E-state index >= 15 is 0 Å². The van der Waals surface area contributed by atoms with Crippen LogP contribution in [0.4, 0.5) is 10.5 Å². The molecule has 2 N–H and O–H groups in total. The molecule has 0 saturated carbocycles. The average molecular weight is 365 g/mol. The number of nitrogens with zero attached hydrogens (tertiary/aromatic N) is 1. The zero-order valence-corrected chi connectivity index (χ0v) is 16.2. The van der Waals surface area contributed by atoms with Crippen molar-refractivity contribution >= 4 is 17.6 Å². The number of anilines is 1. The SMILES string of the molecule is Cc1cccc(C)c1NC(=O)N1CCCC1C(=O)NC(C)c1ccccc1. The van der Waals surface area contributed by atoms with Crippen molar-refractivity contribution in [2.75, 3.05) is 11.9 Å². The molecule has 0 bridgehead atoms. The molecule has 1 aliphatic heterocycles. The van der Waals surface area contributed by atoms with Crippen LogP contribution in [-0.4, -0.2) is 29.4 Å². The number of para-hydroxylation sites is 1. The number of aryl methyl sites for hydroxylation is 2. The minimum Gasteiger partial charge on any atom is -0.348 e. The molecule has 0 radical (unpaired) electrons. The summed E-state index contributed by atoms with van der Waals surface area (Å²) in [4.78, 5) is 27.3. The third kappa shape index (κ3) is 4.30. The highest BCUT2D eigenvalue weighted by atomic mass is 16.2. The number of urea groups is 1. The predicted octanol–water partition coefficient (Wildman–Crippen LogP) is 4.18. The molecule has 5 heteroatoms. The molecular weight excluding hydrogens is 338 g/mol. The third-order valence-electron chi connectivity index (χ3n) is 5.19. The van der Waals surface area contributed by atoms with Gasteiger partial charge in [0, 0.05) is 12.2 Å². The zero-order chi connectivity index (χ0) is 19.4. The first kappa shape index (κ1) is 19.0. The third-order valence-corrected chi connectivity index (χ3v) is 5.19. The summed E-state index contributed by atoms with van der Waals surface area (Å²) in [5, 5.41) is 6.05. The lowest BCUT2D eigenvalue weighted by Gasteiger charge is -2.26. The Morgan fingerprint density at radius 2 is 1.70 bits per heavy atom. The van der Waals surface area contributed by atoms with E-state index in [1.165, 1.54) is 0 Å². The highest BCUT2D eigenvalue weighted by Crippen LogP contribution is 2.24. The molecule has 1 aliphatic rings. The maximum absolute atomic E-state index is 12.8. The lowest BCUT2D eigenvalue weighted by molar-refractivity contribution is -0.125. The Kier molecular flexibility index (Phi) is 5.79. The molecule has 5 nitrogen and oxygen atoms in total. The van der Waals surface area contributed by atoms with Gasteiger partial charge in [0.15, 0.2) is 0 Å². The van der Waals surface area contributed by atoms with Gasteiger partial charge < -0.3 is 15.5 Å². The standard InChI is InChI=1S/C22H27N3O2/c1-15-9-7-10-16(2)20(15)24-22(27)25-14-8-13-19(25)21(26)23-17(3)18-11-5-4-6-12-18/h4-7,9-12,17,19H,8,13-14H2,1-3H3,(H,23,26)(H,24,27). The Morgan fingerprint density at radius 3 is 2.37 bits per heavy atom. The Bertz CT molecular complexity index is 799. The summed E-state index contributed by atoms with van der Waals surface area (Å²) in [5.74, 6) is -0.0968. The van der Waals surface area contributed by atoms with Crippen molar-refractivity contribution in [2.45, 2.75) is 45.7 Å². The predicted molar refractivity (Wildman–Crippen MR) is 108 cm³/mol. The van der Waals surface area contributed by atoms with E-state index in [0.717, 1.165) is 28.8 Å². The number of hydrogen-bond donors (Lipinski definition) is 2. The smallest absolute Gasteiger partial charge is 0.322 e. The van der Waals surface area contributed by atoms with Gasteiger partial charge in [-0.2, -0.15) is 0 Å². The Balaban J connectivity index is 1.67. The largest absolute Gasteiger partial charge is 0.348 e. The minimum absolute atomic E-state index is 0.0946. The quantitative estimate of drug-likeness (QED) is 0.854. The monoisotopic (exact) mass is 365 g/mol. The lowest BCUT2D eigenvalue weighted by atomic mass is 10.1. The highest BCUT2D eigenvalue weighted by molar-refractivity contribution is 5.95. The van der Waals surface area contributed by atoms with Crippen LogP contribution in [0.25, 0.3) is 0 Å². The van der Waals surface area contributed by atoms with E-state index < -0.39 is 6.04 Å². The molecule has 2 unspecified atom stereocenters. The number of likely N-dealkylation sites (tertiary alicyclic amines) is 1. The van der Waals surface area contributed by atoms with Crippen molar-refractivity contribution in [1.29, 1.82) is 0 Å². The van der Waals surface area contributed by atoms with Crippen LogP contribution in [0.3, 0.4) is 0 Å². The first-order valence-electron chi connectivity index (χ1n) is 9.46. The molecule has 2 aromatic carbocycles. The summed E-state index contributed by atoms with van der Waals surface area (Å²) in [6.45, 7) is 6.49.